The van der Waals surface area contributed by atoms with Gasteiger partial charge in [-0.1, -0.05) is 11.3 Å². The van der Waals surface area contributed by atoms with Gasteiger partial charge in [-0.2, -0.15) is 0 Å². The summed E-state index contributed by atoms with van der Waals surface area (Å²) in [6, 6.07) is 0.103. The van der Waals surface area contributed by atoms with Gasteiger partial charge in [0.1, 0.15) is 5.01 Å². The molecule has 8 heteroatoms. The van der Waals surface area contributed by atoms with Crippen LogP contribution in [0.1, 0.15) is 30.7 Å². The molecule has 0 spiro atoms. The Balaban J connectivity index is 1.77. The molecule has 0 unspecified atom stereocenters. The van der Waals surface area contributed by atoms with Gasteiger partial charge in [0.25, 0.3) is 0 Å². The number of piperidine rings is 1. The van der Waals surface area contributed by atoms with Gasteiger partial charge >= 0.3 is 6.03 Å². The Morgan fingerprint density at radius 1 is 1.50 bits per heavy atom. The monoisotopic (exact) mass is 299 g/mol. The van der Waals surface area contributed by atoms with Gasteiger partial charge < -0.3 is 21.1 Å². The molecule has 4 N–H and O–H groups in total. The van der Waals surface area contributed by atoms with Crippen molar-refractivity contribution in [1.29, 1.82) is 0 Å². The number of nitrogen functional groups attached to an aromatic ring is 1. The van der Waals surface area contributed by atoms with Gasteiger partial charge in [-0.05, 0) is 25.7 Å². The van der Waals surface area contributed by atoms with Crippen LogP contribution in [0.15, 0.2) is 0 Å². The van der Waals surface area contributed by atoms with Gasteiger partial charge in [-0.15, -0.1) is 10.2 Å². The smallest absolute Gasteiger partial charge is 0.317 e. The molecule has 1 saturated heterocycles. The number of aromatic nitrogens is 2. The number of urea groups is 1. The highest BCUT2D eigenvalue weighted by Gasteiger charge is 2.25. The molecule has 2 heterocycles. The molecule has 1 fully saturated rings. The molecular formula is C12H21N5O2S. The second kappa shape index (κ2) is 7.39. The van der Waals surface area contributed by atoms with Crippen molar-refractivity contribution in [3.05, 3.63) is 5.01 Å². The number of hydrogen-bond donors (Lipinski definition) is 3. The van der Waals surface area contributed by atoms with Crippen LogP contribution in [0.4, 0.5) is 9.93 Å². The molecule has 20 heavy (non-hydrogen) atoms. The maximum Gasteiger partial charge on any atom is 0.317 e. The minimum absolute atomic E-state index is 0.0550. The lowest BCUT2D eigenvalue weighted by atomic mass is 10.0. The maximum absolute atomic E-state index is 12.2. The summed E-state index contributed by atoms with van der Waals surface area (Å²) in [6.45, 7) is 1.41. The van der Waals surface area contributed by atoms with E-state index in [4.69, 9.17) is 10.8 Å². The van der Waals surface area contributed by atoms with Crippen molar-refractivity contribution >= 4 is 22.5 Å². The lowest BCUT2D eigenvalue weighted by molar-refractivity contribution is 0.132. The quantitative estimate of drug-likeness (QED) is 0.739. The highest BCUT2D eigenvalue weighted by atomic mass is 32.1. The predicted octanol–water partition coefficient (Wildman–Crippen LogP) is 0.609. The van der Waals surface area contributed by atoms with E-state index in [1.165, 1.54) is 11.3 Å². The van der Waals surface area contributed by atoms with E-state index < -0.39 is 0 Å². The summed E-state index contributed by atoms with van der Waals surface area (Å²) >= 11 is 1.34. The summed E-state index contributed by atoms with van der Waals surface area (Å²) in [5.41, 5.74) is 5.50. The molecule has 7 nitrogen and oxygen atoms in total. The van der Waals surface area contributed by atoms with E-state index in [1.807, 2.05) is 4.90 Å². The van der Waals surface area contributed by atoms with Gasteiger partial charge in [-0.25, -0.2) is 4.79 Å². The molecule has 0 radical (unpaired) electrons. The Bertz CT molecular complexity index is 437. The lowest BCUT2D eigenvalue weighted by Crippen LogP contribution is -2.49. The fraction of sp³-hybridized carbons (Fsp3) is 0.750. The molecule has 0 bridgehead atoms. The van der Waals surface area contributed by atoms with E-state index in [0.717, 1.165) is 30.8 Å². The second-order valence-electron chi connectivity index (χ2n) is 4.87. The van der Waals surface area contributed by atoms with E-state index in [9.17, 15) is 4.79 Å². The first-order valence-corrected chi connectivity index (χ1v) is 7.75. The number of anilines is 1. The number of aliphatic hydroxyl groups is 1. The third-order valence-corrected chi connectivity index (χ3v) is 4.26. The van der Waals surface area contributed by atoms with Crippen molar-refractivity contribution in [2.75, 3.05) is 25.4 Å². The number of carbonyl (C=O) groups is 1. The van der Waals surface area contributed by atoms with Gasteiger partial charge in [0.05, 0.1) is 0 Å². The molecule has 1 aromatic rings. The van der Waals surface area contributed by atoms with Crippen LogP contribution in [-0.4, -0.2) is 52.0 Å². The summed E-state index contributed by atoms with van der Waals surface area (Å²) in [5, 5.41) is 20.9. The fourth-order valence-corrected chi connectivity index (χ4v) is 3.07. The number of amides is 2. The van der Waals surface area contributed by atoms with Crippen molar-refractivity contribution in [2.24, 2.45) is 0 Å². The molecule has 2 rings (SSSR count). The predicted molar refractivity (Wildman–Crippen MR) is 77.5 cm³/mol. The molecular weight excluding hydrogens is 278 g/mol. The lowest BCUT2D eigenvalue weighted by Gasteiger charge is -2.35. The van der Waals surface area contributed by atoms with E-state index in [-0.39, 0.29) is 18.7 Å². The molecule has 1 atom stereocenters. The summed E-state index contributed by atoms with van der Waals surface area (Å²) in [5.74, 6) is 0. The Hall–Kier alpha value is -1.41. The van der Waals surface area contributed by atoms with Crippen LogP contribution in [-0.2, 0) is 6.42 Å². The Morgan fingerprint density at radius 2 is 2.35 bits per heavy atom. The van der Waals surface area contributed by atoms with Gasteiger partial charge in [-0.3, -0.25) is 0 Å². The molecule has 1 aromatic heterocycles. The number of aliphatic hydroxyl groups excluding tert-OH is 1. The zero-order valence-corrected chi connectivity index (χ0v) is 12.2. The molecule has 1 aliphatic rings. The van der Waals surface area contributed by atoms with Crippen LogP contribution in [0.3, 0.4) is 0 Å². The summed E-state index contributed by atoms with van der Waals surface area (Å²) in [4.78, 5) is 14.0. The van der Waals surface area contributed by atoms with Crippen molar-refractivity contribution in [2.45, 2.75) is 38.1 Å². The third kappa shape index (κ3) is 4.04. The fourth-order valence-electron chi connectivity index (χ4n) is 2.46. The third-order valence-electron chi connectivity index (χ3n) is 3.45. The van der Waals surface area contributed by atoms with Gasteiger partial charge in [0, 0.05) is 32.2 Å². The van der Waals surface area contributed by atoms with Gasteiger partial charge in [0.2, 0.25) is 5.13 Å². The highest BCUT2D eigenvalue weighted by molar-refractivity contribution is 7.15. The van der Waals surface area contributed by atoms with Crippen molar-refractivity contribution in [3.8, 4) is 0 Å². The zero-order valence-electron chi connectivity index (χ0n) is 11.4. The number of nitrogens with two attached hydrogens (primary N) is 1. The average molecular weight is 299 g/mol. The van der Waals surface area contributed by atoms with Gasteiger partial charge in [0.15, 0.2) is 0 Å². The van der Waals surface area contributed by atoms with Crippen LogP contribution < -0.4 is 11.1 Å². The number of rotatable bonds is 5. The van der Waals surface area contributed by atoms with Crippen LogP contribution >= 0.6 is 11.3 Å². The van der Waals surface area contributed by atoms with Crippen LogP contribution in [0.5, 0.6) is 0 Å². The highest BCUT2D eigenvalue weighted by Crippen LogP contribution is 2.19. The van der Waals surface area contributed by atoms with Crippen molar-refractivity contribution in [3.63, 3.8) is 0 Å². The van der Waals surface area contributed by atoms with E-state index >= 15 is 0 Å². The first kappa shape index (κ1) is 15.0. The first-order chi connectivity index (χ1) is 9.70. The summed E-state index contributed by atoms with van der Waals surface area (Å²) < 4.78 is 0. The first-order valence-electron chi connectivity index (χ1n) is 6.94. The number of hydrogen-bond acceptors (Lipinski definition) is 6. The number of carbonyl (C=O) groups excluding carboxylic acids is 1. The largest absolute Gasteiger partial charge is 0.396 e. The van der Waals surface area contributed by atoms with Crippen molar-refractivity contribution in [1.82, 2.24) is 20.4 Å². The number of likely N-dealkylation sites (tertiary alicyclic amines) is 1. The van der Waals surface area contributed by atoms with Crippen LogP contribution in [0, 0.1) is 0 Å². The molecule has 2 amide bonds. The SMILES string of the molecule is Nc1nnc(CCNC(=O)N2CCCC[C@@H]2CCO)s1. The van der Waals surface area contributed by atoms with Crippen LogP contribution in [0.2, 0.25) is 0 Å². The minimum atomic E-state index is -0.0550. The molecule has 0 aliphatic carbocycles. The van der Waals surface area contributed by atoms with E-state index in [1.54, 1.807) is 0 Å². The van der Waals surface area contributed by atoms with E-state index in [0.29, 0.717) is 24.5 Å². The molecule has 0 saturated carbocycles. The molecule has 112 valence electrons. The number of nitrogens with one attached hydrogen (secondary N) is 1. The topological polar surface area (TPSA) is 104 Å². The average Bonchev–Trinajstić information content (AvgIpc) is 2.85. The Kier molecular flexibility index (Phi) is 5.54. The minimum Gasteiger partial charge on any atom is -0.396 e. The second-order valence-corrected chi connectivity index (χ2v) is 5.96. The zero-order chi connectivity index (χ0) is 14.4. The Morgan fingerprint density at radius 3 is 3.05 bits per heavy atom. The standard InChI is InChI=1S/C12H21N5O2S/c13-11-16-15-10(20-11)4-6-14-12(19)17-7-2-1-3-9(17)5-8-18/h9,18H,1-8H2,(H2,13,16)(H,14,19)/t9-/m1/s1. The Labute approximate surface area is 122 Å². The maximum atomic E-state index is 12.2. The molecule has 1 aliphatic heterocycles. The van der Waals surface area contributed by atoms with Crippen molar-refractivity contribution < 1.29 is 9.90 Å². The van der Waals surface area contributed by atoms with Crippen LogP contribution in [0.25, 0.3) is 0 Å². The normalized spacial score (nSPS) is 19.1. The van der Waals surface area contributed by atoms with E-state index in [2.05, 4.69) is 15.5 Å². The molecule has 0 aromatic carbocycles. The summed E-state index contributed by atoms with van der Waals surface area (Å²) in [7, 11) is 0. The number of nitrogens with zero attached hydrogens (tertiary/aromatic N) is 3. The summed E-state index contributed by atoms with van der Waals surface area (Å²) in [6.07, 6.45) is 4.42.